The van der Waals surface area contributed by atoms with E-state index in [-0.39, 0.29) is 10.9 Å². The highest BCUT2D eigenvalue weighted by Gasteiger charge is 2.02. The number of hydrogen-bond acceptors (Lipinski definition) is 3. The van der Waals surface area contributed by atoms with Crippen LogP contribution in [0.4, 0.5) is 5.82 Å². The minimum atomic E-state index is 0.0356. The van der Waals surface area contributed by atoms with Gasteiger partial charge >= 0.3 is 0 Å². The Morgan fingerprint density at radius 2 is 2.33 bits per heavy atom. The Morgan fingerprint density at radius 1 is 1.67 bits per heavy atom. The zero-order chi connectivity index (χ0) is 9.14. The number of nitrogens with one attached hydrogen (secondary N) is 1. The lowest BCUT2D eigenvalue weighted by Gasteiger charge is -2.05. The maximum absolute atomic E-state index is 9.24. The molecule has 5 heteroatoms. The molecule has 0 atom stereocenters. The lowest BCUT2D eigenvalue weighted by molar-refractivity contribution is 0.475. The van der Waals surface area contributed by atoms with E-state index < -0.39 is 0 Å². The average Bonchev–Trinajstić information content (AvgIpc) is 1.96. The third-order valence-corrected chi connectivity index (χ3v) is 1.36. The van der Waals surface area contributed by atoms with Gasteiger partial charge in [0.25, 0.3) is 0 Å². The molecule has 0 bridgehead atoms. The summed E-state index contributed by atoms with van der Waals surface area (Å²) in [6.07, 6.45) is 0. The Labute approximate surface area is 75.4 Å². The highest BCUT2D eigenvalue weighted by Crippen LogP contribution is 2.19. The van der Waals surface area contributed by atoms with Crippen LogP contribution < -0.4 is 11.1 Å². The molecule has 1 rings (SSSR count). The normalized spacial score (nSPS) is 9.42. The summed E-state index contributed by atoms with van der Waals surface area (Å²) in [5.74, 6) is 0.330. The van der Waals surface area contributed by atoms with Crippen LogP contribution in [0, 0.1) is 6.92 Å². The lowest BCUT2D eigenvalue weighted by atomic mass is 10.3. The van der Waals surface area contributed by atoms with Crippen LogP contribution in [0.15, 0.2) is 12.1 Å². The molecule has 0 fully saturated rings. The van der Waals surface area contributed by atoms with Crippen molar-refractivity contribution in [3.8, 4) is 5.75 Å². The molecular formula is C7H9N3OS. The predicted molar refractivity (Wildman–Crippen MR) is 51.0 cm³/mol. The molecule has 0 amide bonds. The first-order valence-corrected chi connectivity index (χ1v) is 3.73. The van der Waals surface area contributed by atoms with Crippen LogP contribution in [0.3, 0.4) is 0 Å². The minimum Gasteiger partial charge on any atom is -0.504 e. The Hall–Kier alpha value is -1.36. The Kier molecular flexibility index (Phi) is 2.44. The second-order valence-corrected chi connectivity index (χ2v) is 2.75. The molecule has 0 aliphatic rings. The van der Waals surface area contributed by atoms with Crippen LogP contribution in [0.1, 0.15) is 5.69 Å². The average molecular weight is 183 g/mol. The van der Waals surface area contributed by atoms with Crippen LogP contribution in [0.2, 0.25) is 0 Å². The number of aryl methyl sites for hydroxylation is 1. The zero-order valence-corrected chi connectivity index (χ0v) is 7.35. The topological polar surface area (TPSA) is 71.2 Å². The van der Waals surface area contributed by atoms with Crippen molar-refractivity contribution >= 4 is 23.1 Å². The van der Waals surface area contributed by atoms with E-state index in [1.54, 1.807) is 6.07 Å². The fraction of sp³-hybridized carbons (Fsp3) is 0.143. The summed E-state index contributed by atoms with van der Waals surface area (Å²) >= 11 is 4.60. The van der Waals surface area contributed by atoms with Gasteiger partial charge in [0.15, 0.2) is 16.7 Å². The van der Waals surface area contributed by atoms with Gasteiger partial charge in [-0.2, -0.15) is 0 Å². The maximum atomic E-state index is 9.24. The van der Waals surface area contributed by atoms with Gasteiger partial charge < -0.3 is 16.2 Å². The minimum absolute atomic E-state index is 0.0356. The third-order valence-electron chi connectivity index (χ3n) is 1.25. The second kappa shape index (κ2) is 3.36. The lowest BCUT2D eigenvalue weighted by Crippen LogP contribution is -2.19. The van der Waals surface area contributed by atoms with Crippen molar-refractivity contribution in [1.29, 1.82) is 0 Å². The molecule has 0 spiro atoms. The van der Waals surface area contributed by atoms with Gasteiger partial charge in [0.1, 0.15) is 0 Å². The number of aromatic hydroxyl groups is 1. The quantitative estimate of drug-likeness (QED) is 0.560. The van der Waals surface area contributed by atoms with Gasteiger partial charge in [0.05, 0.1) is 0 Å². The molecule has 4 N–H and O–H groups in total. The first-order valence-electron chi connectivity index (χ1n) is 3.32. The first-order chi connectivity index (χ1) is 5.59. The number of aromatic nitrogens is 1. The van der Waals surface area contributed by atoms with E-state index in [1.165, 1.54) is 6.07 Å². The van der Waals surface area contributed by atoms with E-state index in [0.29, 0.717) is 5.82 Å². The molecule has 4 nitrogen and oxygen atoms in total. The Balaban J connectivity index is 2.97. The second-order valence-electron chi connectivity index (χ2n) is 2.31. The van der Waals surface area contributed by atoms with Crippen molar-refractivity contribution in [1.82, 2.24) is 4.98 Å². The number of hydrogen-bond donors (Lipinski definition) is 3. The SMILES string of the molecule is Cc1ccc(O)c(NC(N)=S)n1. The molecule has 0 radical (unpaired) electrons. The Morgan fingerprint density at radius 3 is 2.92 bits per heavy atom. The molecule has 1 heterocycles. The molecule has 1 aromatic rings. The van der Waals surface area contributed by atoms with E-state index in [0.717, 1.165) is 5.69 Å². The maximum Gasteiger partial charge on any atom is 0.174 e. The summed E-state index contributed by atoms with van der Waals surface area (Å²) < 4.78 is 0. The van der Waals surface area contributed by atoms with Crippen molar-refractivity contribution < 1.29 is 5.11 Å². The number of thiocarbonyl (C=S) groups is 1. The fourth-order valence-electron chi connectivity index (χ4n) is 0.758. The van der Waals surface area contributed by atoms with Crippen molar-refractivity contribution in [2.75, 3.05) is 5.32 Å². The van der Waals surface area contributed by atoms with Gasteiger partial charge in [0.2, 0.25) is 0 Å². The number of rotatable bonds is 1. The van der Waals surface area contributed by atoms with Crippen molar-refractivity contribution in [3.63, 3.8) is 0 Å². The number of nitrogens with zero attached hydrogens (tertiary/aromatic N) is 1. The Bertz CT molecular complexity index is 314. The molecule has 0 unspecified atom stereocenters. The van der Waals surface area contributed by atoms with Crippen LogP contribution >= 0.6 is 12.2 Å². The molecule has 0 aromatic carbocycles. The van der Waals surface area contributed by atoms with E-state index in [9.17, 15) is 5.11 Å². The van der Waals surface area contributed by atoms with Crippen molar-refractivity contribution in [3.05, 3.63) is 17.8 Å². The van der Waals surface area contributed by atoms with Crippen LogP contribution in [-0.2, 0) is 0 Å². The molecule has 64 valence electrons. The van der Waals surface area contributed by atoms with E-state index >= 15 is 0 Å². The van der Waals surface area contributed by atoms with E-state index in [4.69, 9.17) is 5.73 Å². The van der Waals surface area contributed by atoms with E-state index in [2.05, 4.69) is 22.5 Å². The summed E-state index contributed by atoms with van der Waals surface area (Å²) in [5.41, 5.74) is 6.00. The summed E-state index contributed by atoms with van der Waals surface area (Å²) in [6.45, 7) is 1.81. The van der Waals surface area contributed by atoms with Gasteiger partial charge in [-0.1, -0.05) is 0 Å². The van der Waals surface area contributed by atoms with Crippen LogP contribution in [-0.4, -0.2) is 15.2 Å². The highest BCUT2D eigenvalue weighted by molar-refractivity contribution is 7.80. The molecule has 12 heavy (non-hydrogen) atoms. The van der Waals surface area contributed by atoms with Gasteiger partial charge in [-0.15, -0.1) is 0 Å². The number of anilines is 1. The van der Waals surface area contributed by atoms with Crippen molar-refractivity contribution in [2.24, 2.45) is 5.73 Å². The molecular weight excluding hydrogens is 174 g/mol. The number of pyridine rings is 1. The largest absolute Gasteiger partial charge is 0.504 e. The van der Waals surface area contributed by atoms with Gasteiger partial charge in [-0.25, -0.2) is 4.98 Å². The fourth-order valence-corrected chi connectivity index (χ4v) is 0.855. The van der Waals surface area contributed by atoms with Gasteiger partial charge in [0, 0.05) is 5.69 Å². The third kappa shape index (κ3) is 2.06. The first kappa shape index (κ1) is 8.73. The van der Waals surface area contributed by atoms with Gasteiger partial charge in [-0.05, 0) is 31.3 Å². The summed E-state index contributed by atoms with van der Waals surface area (Å²) in [5, 5.41) is 11.9. The van der Waals surface area contributed by atoms with Crippen LogP contribution in [0.25, 0.3) is 0 Å². The summed E-state index contributed by atoms with van der Waals surface area (Å²) in [6, 6.07) is 3.23. The molecule has 0 saturated heterocycles. The van der Waals surface area contributed by atoms with Crippen molar-refractivity contribution in [2.45, 2.75) is 6.92 Å². The molecule has 1 aromatic heterocycles. The van der Waals surface area contributed by atoms with Gasteiger partial charge in [-0.3, -0.25) is 0 Å². The van der Waals surface area contributed by atoms with E-state index in [1.807, 2.05) is 6.92 Å². The zero-order valence-electron chi connectivity index (χ0n) is 6.53. The molecule has 0 aliphatic heterocycles. The highest BCUT2D eigenvalue weighted by atomic mass is 32.1. The summed E-state index contributed by atoms with van der Waals surface area (Å²) in [4.78, 5) is 3.98. The standard InChI is InChI=1S/C7H9N3OS/c1-4-2-3-5(11)6(9-4)10-7(8)12/h2-3,11H,1H3,(H3,8,9,10,12). The van der Waals surface area contributed by atoms with Crippen LogP contribution in [0.5, 0.6) is 5.75 Å². The predicted octanol–water partition coefficient (Wildman–Crippen LogP) is 0.751. The molecule has 0 aliphatic carbocycles. The monoisotopic (exact) mass is 183 g/mol. The number of nitrogens with two attached hydrogens (primary N) is 1. The molecule has 0 saturated carbocycles. The summed E-state index contributed by atoms with van der Waals surface area (Å²) in [7, 11) is 0. The smallest absolute Gasteiger partial charge is 0.174 e.